The van der Waals surface area contributed by atoms with Crippen LogP contribution in [0.15, 0.2) is 53.4 Å². The first-order chi connectivity index (χ1) is 21.6. The lowest BCUT2D eigenvalue weighted by molar-refractivity contribution is -0.193. The van der Waals surface area contributed by atoms with Gasteiger partial charge in [-0.25, -0.2) is 18.1 Å². The summed E-state index contributed by atoms with van der Waals surface area (Å²) in [6.07, 6.45) is -1.69. The van der Waals surface area contributed by atoms with Crippen LogP contribution in [-0.4, -0.2) is 56.2 Å². The average molecular weight is 659 g/mol. The van der Waals surface area contributed by atoms with Crippen molar-refractivity contribution < 1.29 is 26.3 Å². The van der Waals surface area contributed by atoms with Gasteiger partial charge in [0.1, 0.15) is 0 Å². The van der Waals surface area contributed by atoms with E-state index in [1.165, 1.54) is 6.07 Å². The number of fused-ring (bicyclic) bond motifs is 4. The van der Waals surface area contributed by atoms with Crippen LogP contribution < -0.4 is 9.46 Å². The molecular weight excluding hydrogens is 613 g/mol. The van der Waals surface area contributed by atoms with E-state index in [4.69, 9.17) is 4.74 Å². The first-order valence-corrected chi connectivity index (χ1v) is 17.6. The molecule has 250 valence electrons. The molecule has 1 aromatic heterocycles. The van der Waals surface area contributed by atoms with E-state index in [0.29, 0.717) is 17.3 Å². The molecule has 7 nitrogen and oxygen atoms in total. The Balaban J connectivity index is 1.63. The largest absolute Gasteiger partial charge is 0.477 e. The minimum atomic E-state index is -4.34. The molecule has 0 spiro atoms. The van der Waals surface area contributed by atoms with Gasteiger partial charge in [-0.2, -0.15) is 18.2 Å². The number of alkyl halides is 3. The van der Waals surface area contributed by atoms with Gasteiger partial charge >= 0.3 is 6.18 Å². The standard InChI is InChI=1S/C35H45F3N4O3S/c1-7-27(42(5)6)15-14-24(4)32-25-12-9-13-28(18-25)46(43,44)41-33-39-29(31-22(2)10-8-11-23(31)3)19-30(40-33)45-21-26(32)20-34(16-17-34)35(36,37)38/h8-13,18-19,24,26-27,32H,7,14-17,20-21H2,1-6H3,(H,39,40,41)/t24-,26+,27-,32?/m0/s1. The molecule has 2 heterocycles. The molecule has 1 saturated carbocycles. The number of hydrogen-bond donors (Lipinski definition) is 1. The first kappa shape index (κ1) is 34.2. The average Bonchev–Trinajstić information content (AvgIpc) is 3.77. The number of benzene rings is 2. The molecular formula is C35H45F3N4O3S. The fourth-order valence-electron chi connectivity index (χ4n) is 7.22. The summed E-state index contributed by atoms with van der Waals surface area (Å²) in [4.78, 5) is 11.1. The second kappa shape index (κ2) is 13.1. The SMILES string of the molecule is CC[C@@H](CC[C@H](C)C1c2cccc(c2)S(=O)(=O)Nc2nc(cc(-c3c(C)cccc3C)n2)OC[C@H]1CC1(C(F)(F)F)CC1)N(C)C. The van der Waals surface area contributed by atoms with Gasteiger partial charge < -0.3 is 9.64 Å². The summed E-state index contributed by atoms with van der Waals surface area (Å²) in [6.45, 7) is 8.07. The van der Waals surface area contributed by atoms with Gasteiger partial charge in [-0.3, -0.25) is 0 Å². The molecule has 2 aromatic carbocycles. The van der Waals surface area contributed by atoms with Crippen molar-refractivity contribution in [3.05, 3.63) is 65.2 Å². The van der Waals surface area contributed by atoms with Crippen LogP contribution in [0.25, 0.3) is 11.3 Å². The molecule has 3 aromatic rings. The molecule has 1 aliphatic carbocycles. The number of hydrogen-bond acceptors (Lipinski definition) is 6. The third-order valence-corrected chi connectivity index (χ3v) is 11.4. The number of anilines is 1. The normalized spacial score (nSPS) is 21.7. The van der Waals surface area contributed by atoms with Crippen molar-refractivity contribution in [3.63, 3.8) is 0 Å². The minimum Gasteiger partial charge on any atom is -0.477 e. The number of sulfonamides is 1. The summed E-state index contributed by atoms with van der Waals surface area (Å²) in [7, 11) is -0.0621. The second-order valence-electron chi connectivity index (χ2n) is 13.5. The smallest absolute Gasteiger partial charge is 0.394 e. The van der Waals surface area contributed by atoms with Crippen molar-refractivity contribution in [1.29, 1.82) is 0 Å². The molecule has 1 N–H and O–H groups in total. The van der Waals surface area contributed by atoms with E-state index in [9.17, 15) is 21.6 Å². The molecule has 11 heteroatoms. The number of nitrogens with one attached hydrogen (secondary N) is 1. The van der Waals surface area contributed by atoms with E-state index in [1.54, 1.807) is 18.2 Å². The van der Waals surface area contributed by atoms with Gasteiger partial charge in [0.25, 0.3) is 10.0 Å². The van der Waals surface area contributed by atoms with Crippen LogP contribution in [-0.2, 0) is 10.0 Å². The molecule has 1 aliphatic heterocycles. The van der Waals surface area contributed by atoms with Crippen molar-refractivity contribution >= 4 is 16.0 Å². The maximum Gasteiger partial charge on any atom is 0.394 e. The predicted molar refractivity (Wildman–Crippen MR) is 174 cm³/mol. The van der Waals surface area contributed by atoms with E-state index in [-0.39, 0.29) is 54.4 Å². The minimum absolute atomic E-state index is 0.00263. The van der Waals surface area contributed by atoms with Crippen molar-refractivity contribution in [2.24, 2.45) is 17.3 Å². The lowest BCUT2D eigenvalue weighted by Gasteiger charge is -2.36. The third-order valence-electron chi connectivity index (χ3n) is 10.0. The lowest BCUT2D eigenvalue weighted by atomic mass is 9.72. The van der Waals surface area contributed by atoms with Crippen molar-refractivity contribution in [1.82, 2.24) is 14.9 Å². The number of ether oxygens (including phenoxy) is 1. The zero-order chi connectivity index (χ0) is 33.4. The predicted octanol–water partition coefficient (Wildman–Crippen LogP) is 8.14. The third kappa shape index (κ3) is 7.20. The van der Waals surface area contributed by atoms with Crippen molar-refractivity contribution in [3.8, 4) is 17.1 Å². The van der Waals surface area contributed by atoms with Crippen molar-refractivity contribution in [2.75, 3.05) is 25.4 Å². The van der Waals surface area contributed by atoms with E-state index in [2.05, 4.69) is 33.4 Å². The highest BCUT2D eigenvalue weighted by molar-refractivity contribution is 7.92. The first-order valence-electron chi connectivity index (χ1n) is 16.1. The summed E-state index contributed by atoms with van der Waals surface area (Å²) in [5.41, 5.74) is 2.07. The number of nitrogens with zero attached hydrogens (tertiary/aromatic N) is 3. The summed E-state index contributed by atoms with van der Waals surface area (Å²) < 4.78 is 79.7. The van der Waals surface area contributed by atoms with Crippen LogP contribution in [0.4, 0.5) is 19.1 Å². The molecule has 4 atom stereocenters. The highest BCUT2D eigenvalue weighted by Crippen LogP contribution is 2.62. The topological polar surface area (TPSA) is 84.4 Å². The Kier molecular flexibility index (Phi) is 9.76. The Labute approximate surface area is 271 Å². The summed E-state index contributed by atoms with van der Waals surface area (Å²) in [6, 6.07) is 14.4. The summed E-state index contributed by atoms with van der Waals surface area (Å²) >= 11 is 0. The van der Waals surface area contributed by atoms with Crippen LogP contribution >= 0.6 is 0 Å². The van der Waals surface area contributed by atoms with Gasteiger partial charge in [0.2, 0.25) is 11.8 Å². The fraction of sp³-hybridized carbons (Fsp3) is 0.543. The highest BCUT2D eigenvalue weighted by Gasteiger charge is 2.63. The van der Waals surface area contributed by atoms with Gasteiger partial charge in [-0.05, 0) is 107 Å². The van der Waals surface area contributed by atoms with Crippen LogP contribution in [0, 0.1) is 31.1 Å². The monoisotopic (exact) mass is 658 g/mol. The quantitative estimate of drug-likeness (QED) is 0.250. The molecule has 46 heavy (non-hydrogen) atoms. The molecule has 5 rings (SSSR count). The number of aromatic nitrogens is 2. The van der Waals surface area contributed by atoms with Gasteiger partial charge in [-0.1, -0.05) is 44.2 Å². The van der Waals surface area contributed by atoms with E-state index in [1.807, 2.05) is 52.2 Å². The Morgan fingerprint density at radius 1 is 1.04 bits per heavy atom. The molecule has 0 radical (unpaired) electrons. The molecule has 2 aliphatic rings. The van der Waals surface area contributed by atoms with Gasteiger partial charge in [0, 0.05) is 23.6 Å². The number of rotatable bonds is 9. The maximum atomic E-state index is 14.5. The van der Waals surface area contributed by atoms with Gasteiger partial charge in [0.05, 0.1) is 22.6 Å². The molecule has 1 fully saturated rings. The molecule has 4 bridgehead atoms. The highest BCUT2D eigenvalue weighted by atomic mass is 32.2. The Morgan fingerprint density at radius 2 is 1.72 bits per heavy atom. The zero-order valence-corrected chi connectivity index (χ0v) is 28.3. The second-order valence-corrected chi connectivity index (χ2v) is 15.2. The Bertz CT molecular complexity index is 1640. The molecule has 0 amide bonds. The van der Waals surface area contributed by atoms with E-state index in [0.717, 1.165) is 36.0 Å². The van der Waals surface area contributed by atoms with E-state index < -0.39 is 27.5 Å². The van der Waals surface area contributed by atoms with Crippen molar-refractivity contribution in [2.45, 2.75) is 89.3 Å². The molecule has 0 saturated heterocycles. The van der Waals surface area contributed by atoms with Gasteiger partial charge in [-0.15, -0.1) is 0 Å². The Morgan fingerprint density at radius 3 is 2.33 bits per heavy atom. The van der Waals surface area contributed by atoms with Crippen LogP contribution in [0.5, 0.6) is 5.88 Å². The number of aryl methyl sites for hydroxylation is 2. The molecule has 1 unspecified atom stereocenters. The number of halogens is 3. The zero-order valence-electron chi connectivity index (χ0n) is 27.5. The van der Waals surface area contributed by atoms with Gasteiger partial charge in [0.15, 0.2) is 0 Å². The van der Waals surface area contributed by atoms with Crippen LogP contribution in [0.2, 0.25) is 0 Å². The summed E-state index contributed by atoms with van der Waals surface area (Å²) in [5.74, 6) is -1.03. The lowest BCUT2D eigenvalue weighted by Crippen LogP contribution is -2.34. The Hall–Kier alpha value is -3.18. The van der Waals surface area contributed by atoms with E-state index >= 15 is 0 Å². The fourth-order valence-corrected chi connectivity index (χ4v) is 8.22. The summed E-state index contributed by atoms with van der Waals surface area (Å²) in [5, 5.41) is 0. The van der Waals surface area contributed by atoms with Crippen LogP contribution in [0.3, 0.4) is 0 Å². The van der Waals surface area contributed by atoms with Crippen LogP contribution in [0.1, 0.15) is 75.0 Å². The maximum absolute atomic E-state index is 14.5.